The molecular formula is C11H13F3N4O3. The second-order valence-corrected chi connectivity index (χ2v) is 4.23. The van der Waals surface area contributed by atoms with Crippen LogP contribution in [-0.4, -0.2) is 35.7 Å². The van der Waals surface area contributed by atoms with E-state index in [4.69, 9.17) is 10.9 Å². The fraction of sp³-hybridized carbons (Fsp3) is 0.364. The molecule has 0 bridgehead atoms. The average molecular weight is 306 g/mol. The molecule has 7 nitrogen and oxygen atoms in total. The highest BCUT2D eigenvalue weighted by Crippen LogP contribution is 2.27. The van der Waals surface area contributed by atoms with Gasteiger partial charge in [0.1, 0.15) is 0 Å². The Bertz CT molecular complexity index is 560. The first-order valence-corrected chi connectivity index (χ1v) is 5.70. The number of nitro benzene ring substituents is 1. The standard InChI is InChI=1S/C11H13F3N4O3/c1-17(5-4-11(12,13)14)9-3-2-7(18(20)21)6-8(9)10(15)16-19/h2-3,6,19H,4-5H2,1H3,(H2,15,16). The van der Waals surface area contributed by atoms with Crippen LogP contribution in [0.4, 0.5) is 24.5 Å². The monoisotopic (exact) mass is 306 g/mol. The average Bonchev–Trinajstić information content (AvgIpc) is 2.42. The van der Waals surface area contributed by atoms with E-state index in [0.29, 0.717) is 0 Å². The second-order valence-electron chi connectivity index (χ2n) is 4.23. The number of nitro groups is 1. The van der Waals surface area contributed by atoms with E-state index < -0.39 is 23.4 Å². The maximum Gasteiger partial charge on any atom is 0.390 e. The minimum atomic E-state index is -4.33. The molecule has 0 fully saturated rings. The first-order valence-electron chi connectivity index (χ1n) is 5.70. The summed E-state index contributed by atoms with van der Waals surface area (Å²) in [5, 5.41) is 22.1. The number of benzene rings is 1. The van der Waals surface area contributed by atoms with E-state index >= 15 is 0 Å². The van der Waals surface area contributed by atoms with Crippen molar-refractivity contribution < 1.29 is 23.3 Å². The summed E-state index contributed by atoms with van der Waals surface area (Å²) in [7, 11) is 1.38. The molecule has 0 heterocycles. The highest BCUT2D eigenvalue weighted by Gasteiger charge is 2.28. The lowest BCUT2D eigenvalue weighted by molar-refractivity contribution is -0.384. The number of amidine groups is 1. The van der Waals surface area contributed by atoms with E-state index in [1.165, 1.54) is 18.0 Å². The molecule has 3 N–H and O–H groups in total. The third-order valence-corrected chi connectivity index (χ3v) is 2.72. The number of hydrogen-bond donors (Lipinski definition) is 2. The van der Waals surface area contributed by atoms with Gasteiger partial charge in [-0.2, -0.15) is 13.2 Å². The third-order valence-electron chi connectivity index (χ3n) is 2.72. The summed E-state index contributed by atoms with van der Waals surface area (Å²) >= 11 is 0. The molecule has 0 saturated carbocycles. The number of nitrogens with zero attached hydrogens (tertiary/aromatic N) is 3. The van der Waals surface area contributed by atoms with Gasteiger partial charge < -0.3 is 15.8 Å². The molecule has 10 heteroatoms. The van der Waals surface area contributed by atoms with Gasteiger partial charge in [-0.3, -0.25) is 10.1 Å². The summed E-state index contributed by atoms with van der Waals surface area (Å²) < 4.78 is 36.7. The van der Waals surface area contributed by atoms with Gasteiger partial charge in [-0.1, -0.05) is 5.16 Å². The van der Waals surface area contributed by atoms with Gasteiger partial charge in [-0.25, -0.2) is 0 Å². The number of oxime groups is 1. The van der Waals surface area contributed by atoms with Gasteiger partial charge in [0.15, 0.2) is 5.84 Å². The largest absolute Gasteiger partial charge is 0.409 e. The summed E-state index contributed by atoms with van der Waals surface area (Å²) in [6.07, 6.45) is -5.39. The van der Waals surface area contributed by atoms with Gasteiger partial charge in [-0.15, -0.1) is 0 Å². The molecule has 21 heavy (non-hydrogen) atoms. The van der Waals surface area contributed by atoms with E-state index in [2.05, 4.69) is 5.16 Å². The van der Waals surface area contributed by atoms with Crippen molar-refractivity contribution in [3.8, 4) is 0 Å². The molecule has 1 rings (SSSR count). The first kappa shape index (κ1) is 16.5. The summed E-state index contributed by atoms with van der Waals surface area (Å²) in [5.74, 6) is -0.424. The van der Waals surface area contributed by atoms with Gasteiger partial charge in [-0.05, 0) is 6.07 Å². The molecule has 0 aromatic heterocycles. The molecule has 0 spiro atoms. The van der Waals surface area contributed by atoms with Crippen LogP contribution in [-0.2, 0) is 0 Å². The number of non-ortho nitro benzene ring substituents is 1. The molecule has 0 aliphatic carbocycles. The minimum absolute atomic E-state index is 0.0172. The van der Waals surface area contributed by atoms with Crippen LogP contribution in [0, 0.1) is 10.1 Å². The Labute approximate surface area is 117 Å². The summed E-state index contributed by atoms with van der Waals surface area (Å²) in [4.78, 5) is 11.2. The van der Waals surface area contributed by atoms with Crippen molar-refractivity contribution in [3.05, 3.63) is 33.9 Å². The molecule has 1 aromatic rings. The van der Waals surface area contributed by atoms with Crippen molar-refractivity contribution in [1.29, 1.82) is 0 Å². The number of halogens is 3. The number of anilines is 1. The Morgan fingerprint density at radius 3 is 2.62 bits per heavy atom. The van der Waals surface area contributed by atoms with Crippen molar-refractivity contribution in [2.45, 2.75) is 12.6 Å². The van der Waals surface area contributed by atoms with Crippen LogP contribution in [0.25, 0.3) is 0 Å². The number of rotatable bonds is 5. The molecule has 0 unspecified atom stereocenters. The van der Waals surface area contributed by atoms with Gasteiger partial charge in [0, 0.05) is 31.4 Å². The lowest BCUT2D eigenvalue weighted by Crippen LogP contribution is -2.27. The molecular weight excluding hydrogens is 293 g/mol. The van der Waals surface area contributed by atoms with Gasteiger partial charge in [0.05, 0.1) is 16.9 Å². The normalized spacial score (nSPS) is 12.3. The third kappa shape index (κ3) is 4.51. The van der Waals surface area contributed by atoms with Crippen molar-refractivity contribution in [2.24, 2.45) is 10.9 Å². The molecule has 0 radical (unpaired) electrons. The Hall–Kier alpha value is -2.52. The van der Waals surface area contributed by atoms with Gasteiger partial charge in [0.2, 0.25) is 0 Å². The Balaban J connectivity index is 3.13. The zero-order valence-corrected chi connectivity index (χ0v) is 11.0. The van der Waals surface area contributed by atoms with Crippen LogP contribution >= 0.6 is 0 Å². The molecule has 0 saturated heterocycles. The summed E-state index contributed by atoms with van der Waals surface area (Å²) in [5.41, 5.74) is 5.27. The van der Waals surface area contributed by atoms with Crippen LogP contribution in [0.3, 0.4) is 0 Å². The molecule has 0 aliphatic heterocycles. The quantitative estimate of drug-likeness (QED) is 0.285. The predicted molar refractivity (Wildman–Crippen MR) is 69.5 cm³/mol. The molecule has 0 atom stereocenters. The lowest BCUT2D eigenvalue weighted by Gasteiger charge is -2.22. The molecule has 0 amide bonds. The summed E-state index contributed by atoms with van der Waals surface area (Å²) in [6.45, 7) is -0.368. The van der Waals surface area contributed by atoms with E-state index in [-0.39, 0.29) is 23.5 Å². The van der Waals surface area contributed by atoms with Crippen LogP contribution in [0.5, 0.6) is 0 Å². The van der Waals surface area contributed by atoms with Crippen molar-refractivity contribution in [1.82, 2.24) is 0 Å². The molecule has 1 aromatic carbocycles. The number of nitrogens with two attached hydrogens (primary N) is 1. The van der Waals surface area contributed by atoms with Crippen LogP contribution < -0.4 is 10.6 Å². The van der Waals surface area contributed by atoms with Gasteiger partial charge >= 0.3 is 6.18 Å². The maximum absolute atomic E-state index is 12.2. The van der Waals surface area contributed by atoms with E-state index in [0.717, 1.165) is 12.1 Å². The SMILES string of the molecule is CN(CCC(F)(F)F)c1ccc([N+](=O)[O-])cc1C(N)=NO. The fourth-order valence-corrected chi connectivity index (χ4v) is 1.64. The first-order chi connectivity index (χ1) is 9.65. The van der Waals surface area contributed by atoms with Crippen molar-refractivity contribution in [2.75, 3.05) is 18.5 Å². The second kappa shape index (κ2) is 6.29. The smallest absolute Gasteiger partial charge is 0.390 e. The fourth-order valence-electron chi connectivity index (χ4n) is 1.64. The van der Waals surface area contributed by atoms with Crippen molar-refractivity contribution >= 4 is 17.2 Å². The van der Waals surface area contributed by atoms with Crippen LogP contribution in [0.15, 0.2) is 23.4 Å². The molecule has 116 valence electrons. The van der Waals surface area contributed by atoms with E-state index in [9.17, 15) is 23.3 Å². The predicted octanol–water partition coefficient (Wildman–Crippen LogP) is 2.08. The van der Waals surface area contributed by atoms with Crippen LogP contribution in [0.2, 0.25) is 0 Å². The number of alkyl halides is 3. The lowest BCUT2D eigenvalue weighted by atomic mass is 10.1. The van der Waals surface area contributed by atoms with E-state index in [1.54, 1.807) is 0 Å². The van der Waals surface area contributed by atoms with Crippen LogP contribution in [0.1, 0.15) is 12.0 Å². The zero-order valence-electron chi connectivity index (χ0n) is 11.0. The summed E-state index contributed by atoms with van der Waals surface area (Å²) in [6, 6.07) is 3.42. The highest BCUT2D eigenvalue weighted by molar-refractivity contribution is 6.02. The van der Waals surface area contributed by atoms with Gasteiger partial charge in [0.25, 0.3) is 5.69 Å². The van der Waals surface area contributed by atoms with Crippen molar-refractivity contribution in [3.63, 3.8) is 0 Å². The zero-order chi connectivity index (χ0) is 16.2. The Morgan fingerprint density at radius 1 is 1.52 bits per heavy atom. The maximum atomic E-state index is 12.2. The minimum Gasteiger partial charge on any atom is -0.409 e. The Kier molecular flexibility index (Phi) is 4.95. The highest BCUT2D eigenvalue weighted by atomic mass is 19.4. The topological polar surface area (TPSA) is 105 Å². The molecule has 0 aliphatic rings. The number of hydrogen-bond acceptors (Lipinski definition) is 5. The Morgan fingerprint density at radius 2 is 2.14 bits per heavy atom. The van der Waals surface area contributed by atoms with E-state index in [1.807, 2.05) is 0 Å².